The topological polar surface area (TPSA) is 15.3 Å². The molecule has 0 aliphatic carbocycles. The van der Waals surface area contributed by atoms with Crippen LogP contribution in [0, 0.1) is 0 Å². The number of anilines is 2. The quantitative estimate of drug-likeness (QED) is 0.816. The SMILES string of the molecule is CN(C)c1ccc(NCc2cccc(Cl)c2Cl)cc1Cl. The van der Waals surface area contributed by atoms with Gasteiger partial charge in [0.1, 0.15) is 0 Å². The molecule has 0 aliphatic rings. The first-order chi connectivity index (χ1) is 9.49. The maximum Gasteiger partial charge on any atom is 0.0659 e. The van der Waals surface area contributed by atoms with Crippen LogP contribution in [0.3, 0.4) is 0 Å². The van der Waals surface area contributed by atoms with E-state index in [1.54, 1.807) is 6.07 Å². The van der Waals surface area contributed by atoms with Gasteiger partial charge in [0.05, 0.1) is 20.8 Å². The average Bonchev–Trinajstić information content (AvgIpc) is 2.40. The van der Waals surface area contributed by atoms with E-state index in [2.05, 4.69) is 5.32 Å². The molecule has 1 N–H and O–H groups in total. The second-order valence-corrected chi connectivity index (χ2v) is 5.82. The summed E-state index contributed by atoms with van der Waals surface area (Å²) in [7, 11) is 3.92. The maximum absolute atomic E-state index is 6.23. The number of halogens is 3. The standard InChI is InChI=1S/C15H15Cl3N2/c1-20(2)14-7-6-11(8-13(14)17)19-9-10-4-3-5-12(16)15(10)18/h3-8,19H,9H2,1-2H3. The Morgan fingerprint density at radius 1 is 1.00 bits per heavy atom. The summed E-state index contributed by atoms with van der Waals surface area (Å²) in [5.41, 5.74) is 2.88. The molecule has 0 atom stereocenters. The number of hydrogen-bond donors (Lipinski definition) is 1. The van der Waals surface area contributed by atoms with Gasteiger partial charge in [-0.1, -0.05) is 46.9 Å². The maximum atomic E-state index is 6.23. The van der Waals surface area contributed by atoms with Crippen LogP contribution in [0.25, 0.3) is 0 Å². The van der Waals surface area contributed by atoms with Gasteiger partial charge < -0.3 is 10.2 Å². The Morgan fingerprint density at radius 2 is 1.75 bits per heavy atom. The zero-order valence-electron chi connectivity index (χ0n) is 11.3. The lowest BCUT2D eigenvalue weighted by Gasteiger charge is -2.16. The third-order valence-electron chi connectivity index (χ3n) is 2.94. The fraction of sp³-hybridized carbons (Fsp3) is 0.200. The van der Waals surface area contributed by atoms with Crippen molar-refractivity contribution in [3.05, 3.63) is 57.0 Å². The number of rotatable bonds is 4. The fourth-order valence-electron chi connectivity index (χ4n) is 1.86. The molecule has 0 unspecified atom stereocenters. The molecular weight excluding hydrogens is 315 g/mol. The Kier molecular flexibility index (Phi) is 5.03. The van der Waals surface area contributed by atoms with Crippen molar-refractivity contribution in [1.82, 2.24) is 0 Å². The zero-order valence-corrected chi connectivity index (χ0v) is 13.5. The summed E-state index contributed by atoms with van der Waals surface area (Å²) in [6.07, 6.45) is 0. The van der Waals surface area contributed by atoms with Crippen molar-refractivity contribution in [3.63, 3.8) is 0 Å². The summed E-state index contributed by atoms with van der Waals surface area (Å²) < 4.78 is 0. The normalized spacial score (nSPS) is 10.4. The molecule has 2 nitrogen and oxygen atoms in total. The van der Waals surface area contributed by atoms with Crippen LogP contribution in [0.15, 0.2) is 36.4 Å². The van der Waals surface area contributed by atoms with Crippen LogP contribution in [0.4, 0.5) is 11.4 Å². The molecule has 20 heavy (non-hydrogen) atoms. The van der Waals surface area contributed by atoms with Gasteiger partial charge in [-0.15, -0.1) is 0 Å². The van der Waals surface area contributed by atoms with E-state index in [1.165, 1.54) is 0 Å². The highest BCUT2D eigenvalue weighted by Gasteiger charge is 2.06. The Labute approximate surface area is 134 Å². The molecule has 106 valence electrons. The van der Waals surface area contributed by atoms with Crippen LogP contribution in [0.5, 0.6) is 0 Å². The van der Waals surface area contributed by atoms with Gasteiger partial charge in [-0.25, -0.2) is 0 Å². The van der Waals surface area contributed by atoms with E-state index in [0.717, 1.165) is 16.9 Å². The highest BCUT2D eigenvalue weighted by Crippen LogP contribution is 2.29. The van der Waals surface area contributed by atoms with Crippen molar-refractivity contribution < 1.29 is 0 Å². The lowest BCUT2D eigenvalue weighted by molar-refractivity contribution is 1.12. The summed E-state index contributed by atoms with van der Waals surface area (Å²) in [4.78, 5) is 1.97. The zero-order chi connectivity index (χ0) is 14.7. The van der Waals surface area contributed by atoms with Gasteiger partial charge >= 0.3 is 0 Å². The molecule has 0 amide bonds. The monoisotopic (exact) mass is 328 g/mol. The van der Waals surface area contributed by atoms with E-state index < -0.39 is 0 Å². The van der Waals surface area contributed by atoms with Crippen molar-refractivity contribution >= 4 is 46.2 Å². The van der Waals surface area contributed by atoms with Gasteiger partial charge in [-0.2, -0.15) is 0 Å². The molecular formula is C15H15Cl3N2. The first-order valence-corrected chi connectivity index (χ1v) is 7.26. The minimum Gasteiger partial charge on any atom is -0.381 e. The van der Waals surface area contributed by atoms with Gasteiger partial charge in [0.25, 0.3) is 0 Å². The van der Waals surface area contributed by atoms with E-state index in [1.807, 2.05) is 49.3 Å². The third-order valence-corrected chi connectivity index (χ3v) is 4.10. The molecule has 0 fully saturated rings. The van der Waals surface area contributed by atoms with Crippen molar-refractivity contribution in [2.24, 2.45) is 0 Å². The van der Waals surface area contributed by atoms with Gasteiger partial charge in [0.15, 0.2) is 0 Å². The summed E-state index contributed by atoms with van der Waals surface area (Å²) >= 11 is 18.4. The molecule has 5 heteroatoms. The molecule has 2 aromatic rings. The minimum atomic E-state index is 0.562. The summed E-state index contributed by atoms with van der Waals surface area (Å²) in [6.45, 7) is 0.594. The van der Waals surface area contributed by atoms with Gasteiger partial charge in [0, 0.05) is 26.3 Å². The molecule has 0 spiro atoms. The molecule has 0 radical (unpaired) electrons. The van der Waals surface area contributed by atoms with E-state index in [9.17, 15) is 0 Å². The molecule has 2 aromatic carbocycles. The average molecular weight is 330 g/mol. The molecule has 0 saturated heterocycles. The summed E-state index contributed by atoms with van der Waals surface area (Å²) in [6, 6.07) is 11.5. The van der Waals surface area contributed by atoms with Crippen molar-refractivity contribution in [1.29, 1.82) is 0 Å². The Hall–Kier alpha value is -1.09. The number of benzene rings is 2. The molecule has 0 aromatic heterocycles. The van der Waals surface area contributed by atoms with Crippen LogP contribution < -0.4 is 10.2 Å². The van der Waals surface area contributed by atoms with E-state index in [0.29, 0.717) is 21.6 Å². The largest absolute Gasteiger partial charge is 0.381 e. The van der Waals surface area contributed by atoms with E-state index in [-0.39, 0.29) is 0 Å². The fourth-order valence-corrected chi connectivity index (χ4v) is 2.60. The molecule has 0 saturated carbocycles. The molecule has 0 aliphatic heterocycles. The van der Waals surface area contributed by atoms with Crippen LogP contribution in [-0.4, -0.2) is 14.1 Å². The number of nitrogens with one attached hydrogen (secondary N) is 1. The predicted octanol–water partition coefficient (Wildman–Crippen LogP) is 5.32. The highest BCUT2D eigenvalue weighted by atomic mass is 35.5. The van der Waals surface area contributed by atoms with E-state index >= 15 is 0 Å². The second-order valence-electron chi connectivity index (χ2n) is 4.63. The van der Waals surface area contributed by atoms with Crippen molar-refractivity contribution in [2.45, 2.75) is 6.54 Å². The Bertz CT molecular complexity index is 612. The number of hydrogen-bond acceptors (Lipinski definition) is 2. The van der Waals surface area contributed by atoms with E-state index in [4.69, 9.17) is 34.8 Å². The van der Waals surface area contributed by atoms with Crippen LogP contribution in [0.1, 0.15) is 5.56 Å². The lowest BCUT2D eigenvalue weighted by Crippen LogP contribution is -2.09. The summed E-state index contributed by atoms with van der Waals surface area (Å²) in [5, 5.41) is 5.14. The second kappa shape index (κ2) is 6.57. The van der Waals surface area contributed by atoms with Gasteiger partial charge in [0.2, 0.25) is 0 Å². The highest BCUT2D eigenvalue weighted by molar-refractivity contribution is 6.42. The van der Waals surface area contributed by atoms with Crippen molar-refractivity contribution in [3.8, 4) is 0 Å². The van der Waals surface area contributed by atoms with Crippen LogP contribution in [-0.2, 0) is 6.54 Å². The third kappa shape index (κ3) is 3.51. The molecule has 0 heterocycles. The minimum absolute atomic E-state index is 0.562. The van der Waals surface area contributed by atoms with Crippen LogP contribution >= 0.6 is 34.8 Å². The Balaban J connectivity index is 2.11. The van der Waals surface area contributed by atoms with Crippen molar-refractivity contribution in [2.75, 3.05) is 24.3 Å². The van der Waals surface area contributed by atoms with Gasteiger partial charge in [-0.05, 0) is 29.8 Å². The smallest absolute Gasteiger partial charge is 0.0659 e. The van der Waals surface area contributed by atoms with Crippen LogP contribution in [0.2, 0.25) is 15.1 Å². The first-order valence-electron chi connectivity index (χ1n) is 6.12. The summed E-state index contributed by atoms with van der Waals surface area (Å²) in [5.74, 6) is 0. The Morgan fingerprint density at radius 3 is 2.40 bits per heavy atom. The number of nitrogens with zero attached hydrogens (tertiary/aromatic N) is 1. The predicted molar refractivity (Wildman–Crippen MR) is 89.6 cm³/mol. The lowest BCUT2D eigenvalue weighted by atomic mass is 10.2. The molecule has 0 bridgehead atoms. The van der Waals surface area contributed by atoms with Gasteiger partial charge in [-0.3, -0.25) is 0 Å². The first kappa shape index (κ1) is 15.3. The molecule has 2 rings (SSSR count).